The molecule has 0 aliphatic carbocycles. The number of hydrogen-bond acceptors (Lipinski definition) is 4. The molecule has 0 aliphatic rings. The summed E-state index contributed by atoms with van der Waals surface area (Å²) in [7, 11) is -2.47. The van der Waals surface area contributed by atoms with Crippen molar-refractivity contribution >= 4 is 9.84 Å². The van der Waals surface area contributed by atoms with Gasteiger partial charge in [0.05, 0.1) is 12.7 Å². The molecule has 6 heteroatoms. The number of benzene rings is 1. The Morgan fingerprint density at radius 1 is 1.35 bits per heavy atom. The van der Waals surface area contributed by atoms with Crippen molar-refractivity contribution in [2.45, 2.75) is 24.3 Å². The smallest absolute Gasteiger partial charge is 0.182 e. The molecule has 96 valence electrons. The molecule has 0 amide bonds. The lowest BCUT2D eigenvalue weighted by molar-refractivity contribution is 0.0778. The van der Waals surface area contributed by atoms with Gasteiger partial charge in [0, 0.05) is 6.26 Å². The van der Waals surface area contributed by atoms with Crippen LogP contribution < -0.4 is 4.74 Å². The van der Waals surface area contributed by atoms with Crippen molar-refractivity contribution in [1.82, 2.24) is 0 Å². The summed E-state index contributed by atoms with van der Waals surface area (Å²) in [4.78, 5) is -0.493. The number of aliphatic hydroxyl groups is 1. The van der Waals surface area contributed by atoms with Crippen LogP contribution in [0.5, 0.6) is 5.75 Å². The number of halogens is 1. The zero-order valence-electron chi connectivity index (χ0n) is 10.1. The van der Waals surface area contributed by atoms with Crippen molar-refractivity contribution in [1.29, 1.82) is 0 Å². The molecule has 1 rings (SSSR count). The lowest BCUT2D eigenvalue weighted by atomic mass is 9.98. The van der Waals surface area contributed by atoms with Crippen LogP contribution in [0.15, 0.2) is 17.0 Å². The normalized spacial score (nSPS) is 12.6. The standard InChI is InChI=1S/C11H15FO4S/c1-11(2,13)7-5-8(12)10(17(4,14)15)9(6-7)16-3/h5-6,13H,1-4H3. The lowest BCUT2D eigenvalue weighted by Crippen LogP contribution is -2.17. The molecule has 0 bridgehead atoms. The number of methoxy groups -OCH3 is 1. The fraction of sp³-hybridized carbons (Fsp3) is 0.455. The zero-order valence-corrected chi connectivity index (χ0v) is 10.9. The molecule has 4 nitrogen and oxygen atoms in total. The Morgan fingerprint density at radius 3 is 2.24 bits per heavy atom. The average Bonchev–Trinajstić information content (AvgIpc) is 2.12. The van der Waals surface area contributed by atoms with Gasteiger partial charge in [0.25, 0.3) is 0 Å². The first kappa shape index (κ1) is 13.9. The highest BCUT2D eigenvalue weighted by atomic mass is 32.2. The predicted molar refractivity (Wildman–Crippen MR) is 61.3 cm³/mol. The van der Waals surface area contributed by atoms with E-state index >= 15 is 0 Å². The van der Waals surface area contributed by atoms with Gasteiger partial charge in [-0.15, -0.1) is 0 Å². The van der Waals surface area contributed by atoms with Gasteiger partial charge >= 0.3 is 0 Å². The van der Waals surface area contributed by atoms with Gasteiger partial charge in [-0.05, 0) is 31.5 Å². The molecule has 0 spiro atoms. The highest BCUT2D eigenvalue weighted by Gasteiger charge is 2.25. The third-order valence-electron chi connectivity index (χ3n) is 2.31. The minimum atomic E-state index is -3.72. The molecule has 1 aromatic rings. The van der Waals surface area contributed by atoms with E-state index < -0.39 is 26.2 Å². The summed E-state index contributed by atoms with van der Waals surface area (Å²) in [5.41, 5.74) is -1.02. The summed E-state index contributed by atoms with van der Waals surface area (Å²) in [6.07, 6.45) is 0.900. The molecule has 0 heterocycles. The average molecular weight is 262 g/mol. The van der Waals surface area contributed by atoms with Crippen LogP contribution >= 0.6 is 0 Å². The van der Waals surface area contributed by atoms with Crippen LogP contribution in [0, 0.1) is 5.82 Å². The summed E-state index contributed by atoms with van der Waals surface area (Å²) in [6.45, 7) is 2.95. The molecule has 17 heavy (non-hydrogen) atoms. The van der Waals surface area contributed by atoms with Crippen molar-refractivity contribution in [2.75, 3.05) is 13.4 Å². The SMILES string of the molecule is COc1cc(C(C)(C)O)cc(F)c1S(C)(=O)=O. The van der Waals surface area contributed by atoms with Gasteiger partial charge in [-0.25, -0.2) is 12.8 Å². The van der Waals surface area contributed by atoms with E-state index in [9.17, 15) is 17.9 Å². The molecule has 0 saturated heterocycles. The molecular formula is C11H15FO4S. The van der Waals surface area contributed by atoms with Crippen LogP contribution in [0.25, 0.3) is 0 Å². The second-order valence-electron chi connectivity index (χ2n) is 4.32. The van der Waals surface area contributed by atoms with Crippen molar-refractivity contribution in [3.8, 4) is 5.75 Å². The van der Waals surface area contributed by atoms with Gasteiger partial charge in [0.15, 0.2) is 9.84 Å². The Labute approximate surface area is 100.0 Å². The molecule has 0 fully saturated rings. The van der Waals surface area contributed by atoms with Crippen molar-refractivity contribution < 1.29 is 22.7 Å². The maximum Gasteiger partial charge on any atom is 0.182 e. The van der Waals surface area contributed by atoms with Crippen LogP contribution in [0.1, 0.15) is 19.4 Å². The fourth-order valence-electron chi connectivity index (χ4n) is 1.43. The van der Waals surface area contributed by atoms with Gasteiger partial charge in [-0.3, -0.25) is 0 Å². The second kappa shape index (κ2) is 4.27. The second-order valence-corrected chi connectivity index (χ2v) is 6.27. The number of rotatable bonds is 3. The summed E-state index contributed by atoms with van der Waals surface area (Å²) in [5, 5.41) is 9.76. The van der Waals surface area contributed by atoms with Crippen molar-refractivity contribution in [3.63, 3.8) is 0 Å². The predicted octanol–water partition coefficient (Wildman–Crippen LogP) is 1.47. The summed E-state index contributed by atoms with van der Waals surface area (Å²) < 4.78 is 41.4. The number of sulfone groups is 1. The van der Waals surface area contributed by atoms with Crippen molar-refractivity contribution in [3.05, 3.63) is 23.5 Å². The third kappa shape index (κ3) is 2.95. The van der Waals surface area contributed by atoms with E-state index in [0.717, 1.165) is 12.3 Å². The van der Waals surface area contributed by atoms with E-state index in [1.165, 1.54) is 27.0 Å². The number of hydrogen-bond donors (Lipinski definition) is 1. The van der Waals surface area contributed by atoms with E-state index in [1.54, 1.807) is 0 Å². The first-order chi connectivity index (χ1) is 7.57. The molecule has 0 radical (unpaired) electrons. The van der Waals surface area contributed by atoms with E-state index in [2.05, 4.69) is 0 Å². The molecule has 0 aromatic heterocycles. The minimum absolute atomic E-state index is 0.107. The van der Waals surface area contributed by atoms with Crippen LogP contribution in [-0.4, -0.2) is 26.9 Å². The maximum absolute atomic E-state index is 13.8. The number of ether oxygens (including phenoxy) is 1. The van der Waals surface area contributed by atoms with E-state index in [4.69, 9.17) is 4.74 Å². The van der Waals surface area contributed by atoms with E-state index in [1.807, 2.05) is 0 Å². The van der Waals surface area contributed by atoms with Crippen LogP contribution in [0.3, 0.4) is 0 Å². The van der Waals surface area contributed by atoms with Crippen molar-refractivity contribution in [2.24, 2.45) is 0 Å². The van der Waals surface area contributed by atoms with Crippen LogP contribution in [-0.2, 0) is 15.4 Å². The quantitative estimate of drug-likeness (QED) is 0.896. The Bertz CT molecular complexity index is 529. The summed E-state index contributed by atoms with van der Waals surface area (Å²) in [6, 6.07) is 2.32. The van der Waals surface area contributed by atoms with E-state index in [0.29, 0.717) is 0 Å². The Balaban J connectivity index is 3.59. The fourth-order valence-corrected chi connectivity index (χ4v) is 2.35. The van der Waals surface area contributed by atoms with Gasteiger partial charge in [-0.2, -0.15) is 0 Å². The highest BCUT2D eigenvalue weighted by Crippen LogP contribution is 2.32. The zero-order chi connectivity index (χ0) is 13.4. The first-order valence-corrected chi connectivity index (χ1v) is 6.77. The monoisotopic (exact) mass is 262 g/mol. The molecule has 0 unspecified atom stereocenters. The Morgan fingerprint density at radius 2 is 1.88 bits per heavy atom. The topological polar surface area (TPSA) is 63.6 Å². The molecule has 0 aliphatic heterocycles. The summed E-state index contributed by atoms with van der Waals surface area (Å²) >= 11 is 0. The molecule has 0 saturated carbocycles. The first-order valence-electron chi connectivity index (χ1n) is 4.88. The highest BCUT2D eigenvalue weighted by molar-refractivity contribution is 7.90. The van der Waals surface area contributed by atoms with Gasteiger partial charge in [0.1, 0.15) is 16.5 Å². The third-order valence-corrected chi connectivity index (χ3v) is 3.44. The van der Waals surface area contributed by atoms with Gasteiger partial charge in [-0.1, -0.05) is 0 Å². The summed E-state index contributed by atoms with van der Waals surface area (Å²) in [5.74, 6) is -1.03. The Kier molecular flexibility index (Phi) is 3.50. The lowest BCUT2D eigenvalue weighted by Gasteiger charge is -2.20. The molecule has 1 N–H and O–H groups in total. The van der Waals surface area contributed by atoms with E-state index in [-0.39, 0.29) is 11.3 Å². The minimum Gasteiger partial charge on any atom is -0.495 e. The van der Waals surface area contributed by atoms with Crippen LogP contribution in [0.4, 0.5) is 4.39 Å². The largest absolute Gasteiger partial charge is 0.495 e. The van der Waals surface area contributed by atoms with Gasteiger partial charge < -0.3 is 9.84 Å². The molecule has 0 atom stereocenters. The van der Waals surface area contributed by atoms with Gasteiger partial charge in [0.2, 0.25) is 0 Å². The molecular weight excluding hydrogens is 247 g/mol. The maximum atomic E-state index is 13.8. The molecule has 1 aromatic carbocycles. The Hall–Kier alpha value is -1.14. The van der Waals surface area contributed by atoms with Crippen LogP contribution in [0.2, 0.25) is 0 Å².